The molecule has 0 aliphatic rings. The zero-order chi connectivity index (χ0) is 9.72. The average molecular weight is 170 g/mol. The van der Waals surface area contributed by atoms with Crippen LogP contribution >= 0.6 is 0 Å². The SMILES string of the molecule is C=C(C)C(O)=CC(O)C(C)CC. The summed E-state index contributed by atoms with van der Waals surface area (Å²) < 4.78 is 0. The lowest BCUT2D eigenvalue weighted by molar-refractivity contribution is 0.156. The molecule has 2 unspecified atom stereocenters. The minimum Gasteiger partial charge on any atom is -0.508 e. The summed E-state index contributed by atoms with van der Waals surface area (Å²) >= 11 is 0. The van der Waals surface area contributed by atoms with E-state index in [1.165, 1.54) is 6.08 Å². The third kappa shape index (κ3) is 3.58. The Balaban J connectivity index is 4.22. The van der Waals surface area contributed by atoms with Crippen LogP contribution in [0.4, 0.5) is 0 Å². The van der Waals surface area contributed by atoms with Crippen molar-refractivity contribution in [2.45, 2.75) is 33.3 Å². The van der Waals surface area contributed by atoms with Crippen LogP contribution in [-0.2, 0) is 0 Å². The molecule has 2 heteroatoms. The second kappa shape index (κ2) is 4.99. The highest BCUT2D eigenvalue weighted by molar-refractivity contribution is 5.19. The van der Waals surface area contributed by atoms with Crippen LogP contribution in [0, 0.1) is 5.92 Å². The minimum absolute atomic E-state index is 0.0859. The molecule has 0 saturated heterocycles. The van der Waals surface area contributed by atoms with Crippen LogP contribution in [0.5, 0.6) is 0 Å². The van der Waals surface area contributed by atoms with Gasteiger partial charge in [-0.1, -0.05) is 26.8 Å². The van der Waals surface area contributed by atoms with Gasteiger partial charge in [0.05, 0.1) is 6.10 Å². The molecular weight excluding hydrogens is 152 g/mol. The minimum atomic E-state index is -0.577. The third-order valence-electron chi connectivity index (χ3n) is 1.99. The second-order valence-corrected chi connectivity index (χ2v) is 3.21. The molecule has 70 valence electrons. The van der Waals surface area contributed by atoms with Crippen molar-refractivity contribution < 1.29 is 10.2 Å². The quantitative estimate of drug-likeness (QED) is 0.502. The molecule has 0 aliphatic carbocycles. The fourth-order valence-electron chi connectivity index (χ4n) is 0.710. The van der Waals surface area contributed by atoms with E-state index in [0.29, 0.717) is 5.57 Å². The molecule has 0 spiro atoms. The van der Waals surface area contributed by atoms with Gasteiger partial charge < -0.3 is 10.2 Å². The van der Waals surface area contributed by atoms with Crippen molar-refractivity contribution in [3.05, 3.63) is 24.0 Å². The van der Waals surface area contributed by atoms with Gasteiger partial charge in [0.1, 0.15) is 5.76 Å². The standard InChI is InChI=1S/C10H18O2/c1-5-8(4)10(12)6-9(11)7(2)3/h6,8,10-12H,2,5H2,1,3-4H3. The van der Waals surface area contributed by atoms with Gasteiger partial charge in [0, 0.05) is 0 Å². The van der Waals surface area contributed by atoms with Crippen LogP contribution in [0.3, 0.4) is 0 Å². The molecule has 0 rings (SSSR count). The van der Waals surface area contributed by atoms with Crippen LogP contribution in [0.2, 0.25) is 0 Å². The van der Waals surface area contributed by atoms with Crippen LogP contribution < -0.4 is 0 Å². The van der Waals surface area contributed by atoms with E-state index in [1.54, 1.807) is 6.92 Å². The first kappa shape index (κ1) is 11.2. The Hall–Kier alpha value is -0.760. The van der Waals surface area contributed by atoms with Gasteiger partial charge in [-0.15, -0.1) is 0 Å². The maximum absolute atomic E-state index is 9.46. The van der Waals surface area contributed by atoms with E-state index in [4.69, 9.17) is 0 Å². The number of aliphatic hydroxyl groups is 2. The molecule has 2 N–H and O–H groups in total. The maximum Gasteiger partial charge on any atom is 0.116 e. The van der Waals surface area contributed by atoms with Crippen molar-refractivity contribution in [3.8, 4) is 0 Å². The third-order valence-corrected chi connectivity index (χ3v) is 1.99. The monoisotopic (exact) mass is 170 g/mol. The van der Waals surface area contributed by atoms with Crippen LogP contribution in [0.15, 0.2) is 24.0 Å². The Labute approximate surface area is 74.2 Å². The molecule has 0 aromatic heterocycles. The zero-order valence-corrected chi connectivity index (χ0v) is 8.04. The van der Waals surface area contributed by atoms with Crippen molar-refractivity contribution in [2.75, 3.05) is 0 Å². The molecular formula is C10H18O2. The highest BCUT2D eigenvalue weighted by Crippen LogP contribution is 2.12. The van der Waals surface area contributed by atoms with Gasteiger partial charge in [0.25, 0.3) is 0 Å². The number of allylic oxidation sites excluding steroid dienone is 1. The van der Waals surface area contributed by atoms with Crippen molar-refractivity contribution in [3.63, 3.8) is 0 Å². The molecule has 2 atom stereocenters. The molecule has 2 nitrogen and oxygen atoms in total. The van der Waals surface area contributed by atoms with Crippen molar-refractivity contribution in [1.82, 2.24) is 0 Å². The molecule has 0 amide bonds. The predicted molar refractivity (Wildman–Crippen MR) is 51.0 cm³/mol. The fraction of sp³-hybridized carbons (Fsp3) is 0.600. The number of rotatable bonds is 4. The summed E-state index contributed by atoms with van der Waals surface area (Å²) in [6.45, 7) is 9.20. The van der Waals surface area contributed by atoms with Crippen molar-refractivity contribution in [1.29, 1.82) is 0 Å². The highest BCUT2D eigenvalue weighted by atomic mass is 16.3. The lowest BCUT2D eigenvalue weighted by Crippen LogP contribution is -2.14. The van der Waals surface area contributed by atoms with Gasteiger partial charge in [-0.05, 0) is 24.5 Å². The smallest absolute Gasteiger partial charge is 0.116 e. The number of aliphatic hydroxyl groups excluding tert-OH is 2. The number of hydrogen-bond donors (Lipinski definition) is 2. The zero-order valence-electron chi connectivity index (χ0n) is 8.04. The molecule has 0 aromatic carbocycles. The normalized spacial score (nSPS) is 17.2. The topological polar surface area (TPSA) is 40.5 Å². The summed E-state index contributed by atoms with van der Waals surface area (Å²) in [7, 11) is 0. The van der Waals surface area contributed by atoms with E-state index in [9.17, 15) is 10.2 Å². The average Bonchev–Trinajstić information content (AvgIpc) is 2.02. The van der Waals surface area contributed by atoms with Gasteiger partial charge in [-0.2, -0.15) is 0 Å². The largest absolute Gasteiger partial charge is 0.508 e. The predicted octanol–water partition coefficient (Wildman–Crippen LogP) is 2.41. The highest BCUT2D eigenvalue weighted by Gasteiger charge is 2.10. The molecule has 12 heavy (non-hydrogen) atoms. The van der Waals surface area contributed by atoms with Crippen molar-refractivity contribution >= 4 is 0 Å². The Morgan fingerprint density at radius 3 is 2.42 bits per heavy atom. The fourth-order valence-corrected chi connectivity index (χ4v) is 0.710. The molecule has 0 aliphatic heterocycles. The maximum atomic E-state index is 9.46. The Bertz CT molecular complexity index is 182. The molecule has 0 fully saturated rings. The lowest BCUT2D eigenvalue weighted by atomic mass is 10.0. The molecule has 0 radical (unpaired) electrons. The second-order valence-electron chi connectivity index (χ2n) is 3.21. The summed E-state index contributed by atoms with van der Waals surface area (Å²) in [5, 5.41) is 18.7. The first-order valence-corrected chi connectivity index (χ1v) is 4.23. The Morgan fingerprint density at radius 2 is 2.08 bits per heavy atom. The summed E-state index contributed by atoms with van der Waals surface area (Å²) in [5.41, 5.74) is 0.581. The van der Waals surface area contributed by atoms with E-state index in [1.807, 2.05) is 13.8 Å². The summed E-state index contributed by atoms with van der Waals surface area (Å²) in [5.74, 6) is 0.259. The van der Waals surface area contributed by atoms with Gasteiger partial charge in [0.15, 0.2) is 0 Å². The Kier molecular flexibility index (Phi) is 4.67. The van der Waals surface area contributed by atoms with E-state index in [0.717, 1.165) is 6.42 Å². The van der Waals surface area contributed by atoms with Crippen LogP contribution in [0.25, 0.3) is 0 Å². The molecule has 0 heterocycles. The van der Waals surface area contributed by atoms with E-state index < -0.39 is 6.10 Å². The van der Waals surface area contributed by atoms with E-state index >= 15 is 0 Å². The van der Waals surface area contributed by atoms with Gasteiger partial charge in [-0.25, -0.2) is 0 Å². The van der Waals surface area contributed by atoms with Gasteiger partial charge in [0.2, 0.25) is 0 Å². The Morgan fingerprint density at radius 1 is 1.58 bits per heavy atom. The summed E-state index contributed by atoms with van der Waals surface area (Å²) in [4.78, 5) is 0. The van der Waals surface area contributed by atoms with Gasteiger partial charge in [-0.3, -0.25) is 0 Å². The first-order chi connectivity index (χ1) is 5.49. The van der Waals surface area contributed by atoms with E-state index in [2.05, 4.69) is 6.58 Å². The summed E-state index contributed by atoms with van der Waals surface area (Å²) in [6, 6.07) is 0. The van der Waals surface area contributed by atoms with Crippen LogP contribution in [-0.4, -0.2) is 16.3 Å². The lowest BCUT2D eigenvalue weighted by Gasteiger charge is -2.13. The number of hydrogen-bond acceptors (Lipinski definition) is 2. The van der Waals surface area contributed by atoms with Gasteiger partial charge >= 0.3 is 0 Å². The van der Waals surface area contributed by atoms with E-state index in [-0.39, 0.29) is 11.7 Å². The molecule has 0 aromatic rings. The molecule has 0 saturated carbocycles. The van der Waals surface area contributed by atoms with Crippen LogP contribution in [0.1, 0.15) is 27.2 Å². The summed E-state index contributed by atoms with van der Waals surface area (Å²) in [6.07, 6.45) is 1.75. The molecule has 0 bridgehead atoms. The first-order valence-electron chi connectivity index (χ1n) is 4.23. The van der Waals surface area contributed by atoms with Crippen molar-refractivity contribution in [2.24, 2.45) is 5.92 Å².